The molecule has 1 fully saturated rings. The average molecular weight is 427 g/mol. The highest BCUT2D eigenvalue weighted by Gasteiger charge is 2.31. The van der Waals surface area contributed by atoms with Crippen LogP contribution < -0.4 is 10.2 Å². The summed E-state index contributed by atoms with van der Waals surface area (Å²) in [6.45, 7) is 4.39. The van der Waals surface area contributed by atoms with Crippen LogP contribution in [0.4, 0.5) is 24.7 Å². The third-order valence-corrected chi connectivity index (χ3v) is 5.18. The maximum absolute atomic E-state index is 12.7. The van der Waals surface area contributed by atoms with Gasteiger partial charge in [-0.15, -0.1) is 0 Å². The van der Waals surface area contributed by atoms with Crippen LogP contribution in [-0.4, -0.2) is 48.0 Å². The maximum atomic E-state index is 12.7. The number of benzene rings is 1. The van der Waals surface area contributed by atoms with Crippen molar-refractivity contribution in [1.82, 2.24) is 9.88 Å². The van der Waals surface area contributed by atoms with Crippen molar-refractivity contribution in [1.29, 1.82) is 0 Å². The van der Waals surface area contributed by atoms with Crippen molar-refractivity contribution in [2.45, 2.75) is 25.6 Å². The molecule has 0 radical (unpaired) electrons. The van der Waals surface area contributed by atoms with Crippen LogP contribution in [0.15, 0.2) is 42.6 Å². The normalized spacial score (nSPS) is 16.9. The van der Waals surface area contributed by atoms with Crippen LogP contribution in [0.5, 0.6) is 0 Å². The number of carbonyl (C=O) groups excluding carboxylic acids is 1. The summed E-state index contributed by atoms with van der Waals surface area (Å²) in [7, 11) is 0. The van der Waals surface area contributed by atoms with E-state index in [9.17, 15) is 18.0 Å². The number of alkyl halides is 3. The van der Waals surface area contributed by atoms with E-state index in [1.54, 1.807) is 24.3 Å². The Morgan fingerprint density at radius 2 is 1.97 bits per heavy atom. The summed E-state index contributed by atoms with van der Waals surface area (Å²) in [4.78, 5) is 20.6. The Kier molecular flexibility index (Phi) is 6.64. The van der Waals surface area contributed by atoms with Crippen molar-refractivity contribution < 1.29 is 18.0 Å². The fourth-order valence-corrected chi connectivity index (χ4v) is 3.46. The second kappa shape index (κ2) is 9.00. The van der Waals surface area contributed by atoms with Crippen LogP contribution in [0.1, 0.15) is 18.9 Å². The number of aromatic nitrogens is 1. The molecule has 1 saturated heterocycles. The molecule has 0 spiro atoms. The van der Waals surface area contributed by atoms with Gasteiger partial charge in [-0.2, -0.15) is 13.2 Å². The van der Waals surface area contributed by atoms with E-state index in [-0.39, 0.29) is 11.9 Å². The van der Waals surface area contributed by atoms with Gasteiger partial charge in [0.1, 0.15) is 5.82 Å². The maximum Gasteiger partial charge on any atom is 0.417 e. The predicted octanol–water partition coefficient (Wildman–Crippen LogP) is 4.29. The molecule has 5 nitrogen and oxygen atoms in total. The minimum atomic E-state index is -4.40. The molecule has 1 atom stereocenters. The van der Waals surface area contributed by atoms with E-state index in [2.05, 4.69) is 15.2 Å². The van der Waals surface area contributed by atoms with Crippen LogP contribution >= 0.6 is 11.6 Å². The van der Waals surface area contributed by atoms with E-state index < -0.39 is 11.7 Å². The zero-order valence-electron chi connectivity index (χ0n) is 15.9. The fraction of sp³-hybridized carbons (Fsp3) is 0.400. The summed E-state index contributed by atoms with van der Waals surface area (Å²) >= 11 is 5.95. The highest BCUT2D eigenvalue weighted by molar-refractivity contribution is 6.30. The lowest BCUT2D eigenvalue weighted by Gasteiger charge is -2.27. The van der Waals surface area contributed by atoms with Gasteiger partial charge in [0, 0.05) is 43.1 Å². The number of halogens is 4. The van der Waals surface area contributed by atoms with Gasteiger partial charge >= 0.3 is 6.18 Å². The number of pyridine rings is 1. The number of amides is 1. The highest BCUT2D eigenvalue weighted by Crippen LogP contribution is 2.29. The summed E-state index contributed by atoms with van der Waals surface area (Å²) < 4.78 is 38.1. The van der Waals surface area contributed by atoms with E-state index in [0.29, 0.717) is 42.7 Å². The Balaban J connectivity index is 1.59. The van der Waals surface area contributed by atoms with Crippen LogP contribution in [0.3, 0.4) is 0 Å². The molecule has 156 valence electrons. The number of rotatable bonds is 4. The van der Waals surface area contributed by atoms with E-state index >= 15 is 0 Å². The third kappa shape index (κ3) is 5.61. The summed E-state index contributed by atoms with van der Waals surface area (Å²) in [5.74, 6) is 0.379. The molecule has 0 aliphatic carbocycles. The molecule has 0 unspecified atom stereocenters. The Labute approximate surface area is 172 Å². The zero-order chi connectivity index (χ0) is 21.0. The van der Waals surface area contributed by atoms with E-state index in [1.165, 1.54) is 6.07 Å². The van der Waals surface area contributed by atoms with Gasteiger partial charge in [-0.25, -0.2) is 4.98 Å². The third-order valence-electron chi connectivity index (χ3n) is 4.95. The van der Waals surface area contributed by atoms with Gasteiger partial charge in [-0.05, 0) is 43.7 Å². The van der Waals surface area contributed by atoms with Crippen LogP contribution in [-0.2, 0) is 11.0 Å². The lowest BCUT2D eigenvalue weighted by Crippen LogP contribution is -2.44. The van der Waals surface area contributed by atoms with Crippen molar-refractivity contribution >= 4 is 29.0 Å². The number of nitrogens with one attached hydrogen (secondary N) is 1. The molecule has 0 saturated carbocycles. The van der Waals surface area contributed by atoms with E-state index in [0.717, 1.165) is 18.7 Å². The van der Waals surface area contributed by atoms with Gasteiger partial charge in [-0.1, -0.05) is 17.7 Å². The van der Waals surface area contributed by atoms with Crippen molar-refractivity contribution in [3.63, 3.8) is 0 Å². The minimum Gasteiger partial charge on any atom is -0.355 e. The summed E-state index contributed by atoms with van der Waals surface area (Å²) in [5, 5.41) is 3.41. The molecule has 1 aromatic heterocycles. The quantitative estimate of drug-likeness (QED) is 0.792. The Hall–Kier alpha value is -2.32. The zero-order valence-corrected chi connectivity index (χ0v) is 16.7. The average Bonchev–Trinajstić information content (AvgIpc) is 2.93. The molecular formula is C20H22ClF3N4O. The number of hydrogen-bond donors (Lipinski definition) is 1. The van der Waals surface area contributed by atoms with Gasteiger partial charge < -0.3 is 10.2 Å². The predicted molar refractivity (Wildman–Crippen MR) is 107 cm³/mol. The minimum absolute atomic E-state index is 0.131. The summed E-state index contributed by atoms with van der Waals surface area (Å²) in [6.07, 6.45) is -2.76. The Morgan fingerprint density at radius 1 is 1.17 bits per heavy atom. The second-order valence-electron chi connectivity index (χ2n) is 6.95. The summed E-state index contributed by atoms with van der Waals surface area (Å²) in [6, 6.07) is 9.06. The number of anilines is 2. The van der Waals surface area contributed by atoms with Crippen molar-refractivity contribution in [3.8, 4) is 0 Å². The molecular weight excluding hydrogens is 405 g/mol. The molecule has 2 aromatic rings. The monoisotopic (exact) mass is 426 g/mol. The molecule has 29 heavy (non-hydrogen) atoms. The molecule has 1 aliphatic heterocycles. The van der Waals surface area contributed by atoms with Gasteiger partial charge in [0.05, 0.1) is 11.6 Å². The first kappa shape index (κ1) is 21.4. The highest BCUT2D eigenvalue weighted by atomic mass is 35.5. The Morgan fingerprint density at radius 3 is 2.62 bits per heavy atom. The Bertz CT molecular complexity index is 844. The van der Waals surface area contributed by atoms with Gasteiger partial charge in [0.25, 0.3) is 0 Å². The number of carbonyl (C=O) groups is 1. The van der Waals surface area contributed by atoms with Gasteiger partial charge in [0.2, 0.25) is 5.91 Å². The topological polar surface area (TPSA) is 48.5 Å². The van der Waals surface area contributed by atoms with Gasteiger partial charge in [0.15, 0.2) is 0 Å². The molecule has 1 N–H and O–H groups in total. The molecule has 9 heteroatoms. The molecule has 3 rings (SSSR count). The van der Waals surface area contributed by atoms with Crippen LogP contribution in [0.2, 0.25) is 5.02 Å². The standard InChI is InChI=1S/C20H22ClF3N4O/c1-14(19(29)26-17-5-2-4-16(21)12-17)27-8-3-9-28(11-10-27)18-7-6-15(13-25-18)20(22,23)24/h2,4-7,12-14H,3,8-11H2,1H3,(H,26,29)/t14-/m0/s1. The second-order valence-corrected chi connectivity index (χ2v) is 7.39. The first-order chi connectivity index (χ1) is 13.7. The van der Waals surface area contributed by atoms with Crippen LogP contribution in [0, 0.1) is 0 Å². The van der Waals surface area contributed by atoms with Crippen molar-refractivity contribution in [2.24, 2.45) is 0 Å². The van der Waals surface area contributed by atoms with Crippen molar-refractivity contribution in [2.75, 3.05) is 36.4 Å². The molecule has 1 aliphatic rings. The summed E-state index contributed by atoms with van der Waals surface area (Å²) in [5.41, 5.74) is -0.122. The fourth-order valence-electron chi connectivity index (χ4n) is 3.27. The van der Waals surface area contributed by atoms with E-state index in [1.807, 2.05) is 11.8 Å². The molecule has 0 bridgehead atoms. The van der Waals surface area contributed by atoms with Crippen LogP contribution in [0.25, 0.3) is 0 Å². The van der Waals surface area contributed by atoms with Gasteiger partial charge in [-0.3, -0.25) is 9.69 Å². The lowest BCUT2D eigenvalue weighted by molar-refractivity contribution is -0.137. The largest absolute Gasteiger partial charge is 0.417 e. The number of hydrogen-bond acceptors (Lipinski definition) is 4. The lowest BCUT2D eigenvalue weighted by atomic mass is 10.2. The molecule has 2 heterocycles. The van der Waals surface area contributed by atoms with Crippen molar-refractivity contribution in [3.05, 3.63) is 53.2 Å². The first-order valence-electron chi connectivity index (χ1n) is 9.33. The van der Waals surface area contributed by atoms with E-state index in [4.69, 9.17) is 11.6 Å². The smallest absolute Gasteiger partial charge is 0.355 e. The SMILES string of the molecule is C[C@@H](C(=O)Nc1cccc(Cl)c1)N1CCCN(c2ccc(C(F)(F)F)cn2)CC1. The molecule has 1 aromatic carbocycles. The first-order valence-corrected chi connectivity index (χ1v) is 9.70. The number of nitrogens with zero attached hydrogens (tertiary/aromatic N) is 3. The molecule has 1 amide bonds.